The van der Waals surface area contributed by atoms with Gasteiger partial charge in [-0.15, -0.1) is 0 Å². The smallest absolute Gasteiger partial charge is 0.251 e. The SMILES string of the molecule is COc1cc(OC)nc(NCCCNC(=O)c2ccc(/C=C\c3ccc(C(N)=O)cc3)cc2)n1. The maximum atomic E-state index is 12.4. The number of hydrogen-bond donors (Lipinski definition) is 3. The van der Waals surface area contributed by atoms with Crippen LogP contribution in [0, 0.1) is 0 Å². The lowest BCUT2D eigenvalue weighted by Crippen LogP contribution is -2.25. The molecule has 0 aliphatic heterocycles. The summed E-state index contributed by atoms with van der Waals surface area (Å²) in [4.78, 5) is 31.9. The van der Waals surface area contributed by atoms with Crippen LogP contribution in [-0.2, 0) is 0 Å². The third kappa shape index (κ3) is 7.06. The van der Waals surface area contributed by atoms with E-state index in [1.165, 1.54) is 14.2 Å². The van der Waals surface area contributed by atoms with Crippen LogP contribution in [0.4, 0.5) is 5.95 Å². The van der Waals surface area contributed by atoms with Gasteiger partial charge in [0.15, 0.2) is 0 Å². The summed E-state index contributed by atoms with van der Waals surface area (Å²) in [6, 6.07) is 15.9. The number of carbonyl (C=O) groups is 2. The third-order valence-electron chi connectivity index (χ3n) is 4.86. The summed E-state index contributed by atoms with van der Waals surface area (Å²) in [6.45, 7) is 1.07. The van der Waals surface area contributed by atoms with Crippen LogP contribution in [0.3, 0.4) is 0 Å². The van der Waals surface area contributed by atoms with E-state index < -0.39 is 5.91 Å². The van der Waals surface area contributed by atoms with Gasteiger partial charge in [-0.3, -0.25) is 9.59 Å². The van der Waals surface area contributed by atoms with Gasteiger partial charge < -0.3 is 25.8 Å². The quantitative estimate of drug-likeness (QED) is 0.296. The normalized spacial score (nSPS) is 10.6. The Balaban J connectivity index is 1.43. The molecule has 0 unspecified atom stereocenters. The second kappa shape index (κ2) is 12.0. The molecule has 34 heavy (non-hydrogen) atoms. The molecule has 0 bridgehead atoms. The fourth-order valence-corrected chi connectivity index (χ4v) is 2.98. The maximum absolute atomic E-state index is 12.4. The van der Waals surface area contributed by atoms with E-state index in [2.05, 4.69) is 20.6 Å². The average Bonchev–Trinajstić information content (AvgIpc) is 2.87. The van der Waals surface area contributed by atoms with Crippen LogP contribution in [-0.4, -0.2) is 49.1 Å². The predicted octanol–water partition coefficient (Wildman–Crippen LogP) is 3.00. The van der Waals surface area contributed by atoms with E-state index >= 15 is 0 Å². The van der Waals surface area contributed by atoms with Gasteiger partial charge in [0, 0.05) is 24.2 Å². The first-order chi connectivity index (χ1) is 16.5. The van der Waals surface area contributed by atoms with Crippen molar-refractivity contribution < 1.29 is 19.1 Å². The summed E-state index contributed by atoms with van der Waals surface area (Å²) >= 11 is 0. The van der Waals surface area contributed by atoms with E-state index in [9.17, 15) is 9.59 Å². The summed E-state index contributed by atoms with van der Waals surface area (Å²) in [5, 5.41) is 5.98. The first kappa shape index (κ1) is 24.2. The average molecular weight is 462 g/mol. The van der Waals surface area contributed by atoms with Crippen molar-refractivity contribution in [1.82, 2.24) is 15.3 Å². The summed E-state index contributed by atoms with van der Waals surface area (Å²) < 4.78 is 10.2. The lowest BCUT2D eigenvalue weighted by molar-refractivity contribution is 0.0952. The minimum Gasteiger partial charge on any atom is -0.481 e. The van der Waals surface area contributed by atoms with Crippen molar-refractivity contribution in [2.75, 3.05) is 32.6 Å². The first-order valence-electron chi connectivity index (χ1n) is 10.7. The fourth-order valence-electron chi connectivity index (χ4n) is 2.98. The molecule has 3 aromatic rings. The molecule has 0 spiro atoms. The summed E-state index contributed by atoms with van der Waals surface area (Å²) in [7, 11) is 3.05. The van der Waals surface area contributed by atoms with E-state index in [1.807, 2.05) is 36.4 Å². The number of amides is 2. The Morgan fingerprint density at radius 2 is 1.38 bits per heavy atom. The van der Waals surface area contributed by atoms with Crippen molar-refractivity contribution >= 4 is 29.9 Å². The number of nitrogens with zero attached hydrogens (tertiary/aromatic N) is 2. The molecule has 4 N–H and O–H groups in total. The Labute approximate surface area is 198 Å². The van der Waals surface area contributed by atoms with Crippen molar-refractivity contribution in [3.05, 3.63) is 76.9 Å². The van der Waals surface area contributed by atoms with Gasteiger partial charge in [0.05, 0.1) is 20.3 Å². The summed E-state index contributed by atoms with van der Waals surface area (Å²) in [6.07, 6.45) is 4.54. The number of anilines is 1. The molecule has 0 fully saturated rings. The lowest BCUT2D eigenvalue weighted by atomic mass is 10.1. The standard InChI is InChI=1S/C25H27N5O4/c1-33-21-16-22(34-2)30-25(29-21)28-15-3-14-27-24(32)20-12-8-18(9-13-20)5-4-17-6-10-19(11-7-17)23(26)31/h4-13,16H,3,14-15H2,1-2H3,(H2,26,31)(H,27,32)(H,28,29,30)/b5-4-. The highest BCUT2D eigenvalue weighted by molar-refractivity contribution is 5.94. The number of aromatic nitrogens is 2. The van der Waals surface area contributed by atoms with Crippen molar-refractivity contribution in [3.63, 3.8) is 0 Å². The molecule has 1 aromatic heterocycles. The number of rotatable bonds is 11. The van der Waals surface area contributed by atoms with Crippen LogP contribution < -0.4 is 25.8 Å². The van der Waals surface area contributed by atoms with Crippen LogP contribution in [0.1, 0.15) is 38.3 Å². The second-order valence-electron chi connectivity index (χ2n) is 7.25. The zero-order valence-electron chi connectivity index (χ0n) is 19.1. The van der Waals surface area contributed by atoms with Gasteiger partial charge in [-0.05, 0) is 41.8 Å². The number of primary amides is 1. The van der Waals surface area contributed by atoms with Gasteiger partial charge in [0.25, 0.3) is 5.91 Å². The van der Waals surface area contributed by atoms with Crippen LogP contribution in [0.2, 0.25) is 0 Å². The first-order valence-corrected chi connectivity index (χ1v) is 10.7. The van der Waals surface area contributed by atoms with Crippen LogP contribution in [0.25, 0.3) is 12.2 Å². The Kier molecular flexibility index (Phi) is 8.56. The highest BCUT2D eigenvalue weighted by Gasteiger charge is 2.06. The molecule has 0 atom stereocenters. The largest absolute Gasteiger partial charge is 0.481 e. The number of ether oxygens (including phenoxy) is 2. The van der Waals surface area contributed by atoms with Crippen molar-refractivity contribution in [1.29, 1.82) is 0 Å². The number of nitrogens with two attached hydrogens (primary N) is 1. The van der Waals surface area contributed by atoms with Crippen molar-refractivity contribution in [2.45, 2.75) is 6.42 Å². The number of benzene rings is 2. The minimum atomic E-state index is -0.452. The molecule has 9 nitrogen and oxygen atoms in total. The third-order valence-corrected chi connectivity index (χ3v) is 4.86. The van der Waals surface area contributed by atoms with Crippen molar-refractivity contribution in [3.8, 4) is 11.8 Å². The Morgan fingerprint density at radius 1 is 0.853 bits per heavy atom. The molecule has 0 aliphatic carbocycles. The van der Waals surface area contributed by atoms with E-state index in [0.29, 0.717) is 48.3 Å². The fraction of sp³-hybridized carbons (Fsp3) is 0.200. The predicted molar refractivity (Wildman–Crippen MR) is 131 cm³/mol. The highest BCUT2D eigenvalue weighted by Crippen LogP contribution is 2.17. The highest BCUT2D eigenvalue weighted by atomic mass is 16.5. The molecule has 0 saturated heterocycles. The zero-order valence-corrected chi connectivity index (χ0v) is 19.1. The van der Waals surface area contributed by atoms with Crippen LogP contribution in [0.15, 0.2) is 54.6 Å². The van der Waals surface area contributed by atoms with Crippen LogP contribution in [0.5, 0.6) is 11.8 Å². The van der Waals surface area contributed by atoms with E-state index in [-0.39, 0.29) is 5.91 Å². The van der Waals surface area contributed by atoms with Gasteiger partial charge in [-0.2, -0.15) is 9.97 Å². The zero-order chi connectivity index (χ0) is 24.3. The molecular weight excluding hydrogens is 434 g/mol. The summed E-state index contributed by atoms with van der Waals surface area (Å²) in [5.41, 5.74) is 8.20. The molecule has 1 heterocycles. The number of hydrogen-bond acceptors (Lipinski definition) is 7. The van der Waals surface area contributed by atoms with E-state index in [0.717, 1.165) is 11.1 Å². The molecule has 3 rings (SSSR count). The Morgan fingerprint density at radius 3 is 1.88 bits per heavy atom. The second-order valence-corrected chi connectivity index (χ2v) is 7.25. The number of methoxy groups -OCH3 is 2. The molecule has 176 valence electrons. The van der Waals surface area contributed by atoms with Crippen molar-refractivity contribution in [2.24, 2.45) is 5.73 Å². The topological polar surface area (TPSA) is 128 Å². The number of carbonyl (C=O) groups excluding carboxylic acids is 2. The Bertz CT molecular complexity index is 1120. The van der Waals surface area contributed by atoms with E-state index in [1.54, 1.807) is 30.3 Å². The van der Waals surface area contributed by atoms with Gasteiger partial charge >= 0.3 is 0 Å². The molecule has 2 amide bonds. The molecule has 0 saturated carbocycles. The number of nitrogens with one attached hydrogen (secondary N) is 2. The van der Waals surface area contributed by atoms with Gasteiger partial charge in [0.2, 0.25) is 23.6 Å². The van der Waals surface area contributed by atoms with E-state index in [4.69, 9.17) is 15.2 Å². The minimum absolute atomic E-state index is 0.142. The molecular formula is C25H27N5O4. The lowest BCUT2D eigenvalue weighted by Gasteiger charge is -2.09. The van der Waals surface area contributed by atoms with Crippen LogP contribution >= 0.6 is 0 Å². The van der Waals surface area contributed by atoms with Gasteiger partial charge in [-0.25, -0.2) is 0 Å². The Hall–Kier alpha value is -4.40. The van der Waals surface area contributed by atoms with Gasteiger partial charge in [-0.1, -0.05) is 36.4 Å². The maximum Gasteiger partial charge on any atom is 0.251 e. The molecule has 0 aliphatic rings. The molecule has 9 heteroatoms. The summed E-state index contributed by atoms with van der Waals surface area (Å²) in [5.74, 6) is 0.614. The molecule has 2 aromatic carbocycles. The monoisotopic (exact) mass is 461 g/mol. The van der Waals surface area contributed by atoms with Gasteiger partial charge in [0.1, 0.15) is 0 Å². The molecule has 0 radical (unpaired) electrons.